The van der Waals surface area contributed by atoms with Crippen LogP contribution >= 0.6 is 11.8 Å². The van der Waals surface area contributed by atoms with Crippen molar-refractivity contribution < 1.29 is 34.4 Å². The van der Waals surface area contributed by atoms with Gasteiger partial charge in [-0.05, 0) is 44.5 Å². The number of ketones is 3. The minimum absolute atomic E-state index is 0.0891. The van der Waals surface area contributed by atoms with Gasteiger partial charge in [0.2, 0.25) is 5.60 Å². The van der Waals surface area contributed by atoms with E-state index in [2.05, 4.69) is 4.98 Å². The van der Waals surface area contributed by atoms with Gasteiger partial charge in [0.25, 0.3) is 0 Å². The second-order valence-corrected chi connectivity index (χ2v) is 8.92. The van der Waals surface area contributed by atoms with Crippen LogP contribution in [0.2, 0.25) is 0 Å². The van der Waals surface area contributed by atoms with Gasteiger partial charge in [-0.25, -0.2) is 0 Å². The molecule has 1 aromatic carbocycles. The topological polar surface area (TPSA) is 158 Å². The van der Waals surface area contributed by atoms with Crippen LogP contribution in [0.1, 0.15) is 26.3 Å². The predicted molar refractivity (Wildman–Crippen MR) is 118 cm³/mol. The number of aromatic nitrogens is 1. The molecular formula is C23H22N2O7S. The number of pyridine rings is 1. The Morgan fingerprint density at radius 3 is 2.33 bits per heavy atom. The molecule has 2 aromatic rings. The Morgan fingerprint density at radius 2 is 1.76 bits per heavy atom. The van der Waals surface area contributed by atoms with E-state index < -0.39 is 45.3 Å². The van der Waals surface area contributed by atoms with Crippen molar-refractivity contribution in [3.8, 4) is 22.9 Å². The van der Waals surface area contributed by atoms with Crippen molar-refractivity contribution >= 4 is 29.1 Å². The fourth-order valence-corrected chi connectivity index (χ4v) is 5.46. The van der Waals surface area contributed by atoms with Gasteiger partial charge in [-0.1, -0.05) is 12.1 Å². The van der Waals surface area contributed by atoms with Gasteiger partial charge in [0.05, 0.1) is 17.8 Å². The highest BCUT2D eigenvalue weighted by Gasteiger charge is 2.75. The molecule has 0 bridgehead atoms. The lowest BCUT2D eigenvalue weighted by Gasteiger charge is -2.54. The molecule has 10 heteroatoms. The van der Waals surface area contributed by atoms with Crippen LogP contribution in [0.5, 0.6) is 5.75 Å². The fourth-order valence-electron chi connectivity index (χ4n) is 3.90. The Morgan fingerprint density at radius 1 is 1.06 bits per heavy atom. The number of aliphatic hydroxyl groups is 3. The standard InChI is InChI=1S/C23H22N2O7S/c1-13(26)21(29)12-33-20(22(30,14(2)27)23(21,31)15(3)28)32-19-8-18(10-25-11-19)17-6-4-5-16(7-17)9-24/h4-8,10-11,20,29-31H,12H2,1-3H3/t20-,21-,22-,23-/m0/s1. The normalized spacial score (nSPS) is 29.1. The maximum atomic E-state index is 12.6. The molecule has 3 rings (SSSR count). The maximum Gasteiger partial charge on any atom is 0.208 e. The van der Waals surface area contributed by atoms with E-state index in [9.17, 15) is 29.7 Å². The number of carbonyl (C=O) groups excluding carboxylic acids is 3. The number of carbonyl (C=O) groups is 3. The SMILES string of the molecule is CC(=O)[C@]1(O)[C@@](O)(C(C)=O)CS[C@H](Oc2cncc(-c3cccc(C#N)c3)c2)[C@@]1(O)C(C)=O. The Balaban J connectivity index is 2.05. The average molecular weight is 471 g/mol. The summed E-state index contributed by atoms with van der Waals surface area (Å²) in [6.45, 7) is 2.76. The quantitative estimate of drug-likeness (QED) is 0.557. The van der Waals surface area contributed by atoms with Crippen LogP contribution in [0.4, 0.5) is 0 Å². The first-order valence-corrected chi connectivity index (χ1v) is 10.9. The zero-order valence-corrected chi connectivity index (χ0v) is 18.9. The smallest absolute Gasteiger partial charge is 0.208 e. The fraction of sp³-hybridized carbons (Fsp3) is 0.348. The molecule has 0 aliphatic carbocycles. The Labute approximate surface area is 194 Å². The zero-order valence-electron chi connectivity index (χ0n) is 18.1. The van der Waals surface area contributed by atoms with Crippen molar-refractivity contribution in [2.45, 2.75) is 43.0 Å². The molecule has 1 aromatic heterocycles. The van der Waals surface area contributed by atoms with Crippen LogP contribution in [0.15, 0.2) is 42.7 Å². The van der Waals surface area contributed by atoms with E-state index >= 15 is 0 Å². The van der Waals surface area contributed by atoms with Gasteiger partial charge in [0, 0.05) is 17.5 Å². The first kappa shape index (κ1) is 24.5. The van der Waals surface area contributed by atoms with Crippen LogP contribution < -0.4 is 4.74 Å². The molecule has 0 amide bonds. The second-order valence-electron chi connectivity index (χ2n) is 7.87. The molecule has 1 aliphatic heterocycles. The third-order valence-electron chi connectivity index (χ3n) is 5.84. The molecule has 0 spiro atoms. The molecule has 1 fully saturated rings. The summed E-state index contributed by atoms with van der Waals surface area (Å²) in [7, 11) is 0. The number of rotatable bonds is 6. The molecule has 1 aliphatic rings. The minimum Gasteiger partial charge on any atom is -0.474 e. The van der Waals surface area contributed by atoms with Gasteiger partial charge in [0.1, 0.15) is 5.75 Å². The van der Waals surface area contributed by atoms with E-state index in [0.29, 0.717) is 28.5 Å². The molecule has 172 valence electrons. The highest BCUT2D eigenvalue weighted by atomic mass is 32.2. The number of thioether (sulfide) groups is 1. The lowest BCUT2D eigenvalue weighted by molar-refractivity contribution is -0.236. The van der Waals surface area contributed by atoms with Gasteiger partial charge in [-0.15, -0.1) is 11.8 Å². The molecule has 0 unspecified atom stereocenters. The summed E-state index contributed by atoms with van der Waals surface area (Å²) in [5.74, 6) is -3.62. The minimum atomic E-state index is -3.14. The maximum absolute atomic E-state index is 12.6. The lowest BCUT2D eigenvalue weighted by atomic mass is 9.65. The third kappa shape index (κ3) is 3.73. The lowest BCUT2D eigenvalue weighted by Crippen LogP contribution is -2.82. The van der Waals surface area contributed by atoms with Crippen LogP contribution in [0.25, 0.3) is 11.1 Å². The van der Waals surface area contributed by atoms with Crippen LogP contribution in [-0.4, -0.2) is 65.6 Å². The molecule has 33 heavy (non-hydrogen) atoms. The van der Waals surface area contributed by atoms with Crippen LogP contribution in [0.3, 0.4) is 0 Å². The predicted octanol–water partition coefficient (Wildman–Crippen LogP) is 1.03. The van der Waals surface area contributed by atoms with E-state index in [1.165, 1.54) is 12.4 Å². The third-order valence-corrected chi connectivity index (χ3v) is 7.17. The van der Waals surface area contributed by atoms with E-state index in [0.717, 1.165) is 20.8 Å². The highest BCUT2D eigenvalue weighted by Crippen LogP contribution is 2.49. The summed E-state index contributed by atoms with van der Waals surface area (Å²) in [6, 6.07) is 10.3. The molecule has 1 saturated heterocycles. The number of ether oxygens (including phenoxy) is 1. The van der Waals surface area contributed by atoms with Crippen molar-refractivity contribution in [1.29, 1.82) is 5.26 Å². The summed E-state index contributed by atoms with van der Waals surface area (Å²) >= 11 is 0.709. The summed E-state index contributed by atoms with van der Waals surface area (Å²) in [5.41, 5.74) is -8.68. The van der Waals surface area contributed by atoms with Gasteiger partial charge in [0.15, 0.2) is 34.0 Å². The molecule has 0 saturated carbocycles. The van der Waals surface area contributed by atoms with Crippen LogP contribution in [0, 0.1) is 11.3 Å². The molecule has 2 heterocycles. The summed E-state index contributed by atoms with van der Waals surface area (Å²) in [4.78, 5) is 41.4. The van der Waals surface area contributed by atoms with E-state index in [-0.39, 0.29) is 5.75 Å². The van der Waals surface area contributed by atoms with Crippen molar-refractivity contribution in [1.82, 2.24) is 4.98 Å². The van der Waals surface area contributed by atoms with Crippen molar-refractivity contribution in [3.05, 3.63) is 48.3 Å². The van der Waals surface area contributed by atoms with Crippen LogP contribution in [-0.2, 0) is 14.4 Å². The first-order valence-electron chi connectivity index (χ1n) is 9.86. The van der Waals surface area contributed by atoms with Gasteiger partial charge < -0.3 is 20.1 Å². The summed E-state index contributed by atoms with van der Waals surface area (Å²) in [5, 5.41) is 42.6. The number of nitriles is 1. The largest absolute Gasteiger partial charge is 0.474 e. The van der Waals surface area contributed by atoms with E-state index in [1.54, 1.807) is 30.3 Å². The zero-order chi connectivity index (χ0) is 24.6. The van der Waals surface area contributed by atoms with Gasteiger partial charge >= 0.3 is 0 Å². The molecular weight excluding hydrogens is 448 g/mol. The molecule has 3 N–H and O–H groups in total. The Hall–Kier alpha value is -3.10. The first-order chi connectivity index (χ1) is 15.4. The highest BCUT2D eigenvalue weighted by molar-refractivity contribution is 8.00. The van der Waals surface area contributed by atoms with Crippen molar-refractivity contribution in [2.75, 3.05) is 5.75 Å². The van der Waals surface area contributed by atoms with E-state index in [1.807, 2.05) is 6.07 Å². The number of benzene rings is 1. The molecule has 0 radical (unpaired) electrons. The summed E-state index contributed by atoms with van der Waals surface area (Å²) < 4.78 is 5.80. The Bertz CT molecular complexity index is 1180. The van der Waals surface area contributed by atoms with Gasteiger partial charge in [-0.3, -0.25) is 19.4 Å². The number of Topliss-reactive ketones (excluding diaryl/α,β-unsaturated/α-hetero) is 3. The second kappa shape index (κ2) is 8.68. The van der Waals surface area contributed by atoms with Crippen molar-refractivity contribution in [2.24, 2.45) is 0 Å². The summed E-state index contributed by atoms with van der Waals surface area (Å²) in [6.07, 6.45) is 2.83. The monoisotopic (exact) mass is 470 g/mol. The molecule has 4 atom stereocenters. The number of hydrogen-bond donors (Lipinski definition) is 3. The van der Waals surface area contributed by atoms with E-state index in [4.69, 9.17) is 10.00 Å². The van der Waals surface area contributed by atoms with Crippen molar-refractivity contribution in [3.63, 3.8) is 0 Å². The number of nitrogens with zero attached hydrogens (tertiary/aromatic N) is 2. The van der Waals surface area contributed by atoms with Gasteiger partial charge in [-0.2, -0.15) is 5.26 Å². The average Bonchev–Trinajstić information content (AvgIpc) is 2.79. The molecule has 9 nitrogen and oxygen atoms in total. The Kier molecular flexibility index (Phi) is 6.46. The number of hydrogen-bond acceptors (Lipinski definition) is 10.